The first-order valence-corrected chi connectivity index (χ1v) is 3.55. The number of hydrogen-bond donors (Lipinski definition) is 1. The molecule has 1 N–H and O–H groups in total. The first-order chi connectivity index (χ1) is 5.74. The smallest absolute Gasteiger partial charge is 0.382 e. The molecule has 0 aromatic carbocycles. The first-order valence-electron chi connectivity index (χ1n) is 3.55. The van der Waals surface area contributed by atoms with Crippen molar-refractivity contribution >= 4 is 5.97 Å². The highest BCUT2D eigenvalue weighted by Crippen LogP contribution is 2.08. The predicted octanol–water partition coefficient (Wildman–Crippen LogP) is 1.28. The minimum atomic E-state index is -1.13. The fourth-order valence-corrected chi connectivity index (χ4v) is 0.847. The molecule has 0 amide bonds. The molecule has 0 bridgehead atoms. The van der Waals surface area contributed by atoms with Crippen molar-refractivity contribution in [1.29, 1.82) is 0 Å². The highest BCUT2D eigenvalue weighted by Gasteiger charge is 1.99. The van der Waals surface area contributed by atoms with Gasteiger partial charge in [-0.05, 0) is 6.07 Å². The molecule has 0 atom stereocenters. The largest absolute Gasteiger partial charge is 0.472 e. The van der Waals surface area contributed by atoms with Crippen molar-refractivity contribution in [3.63, 3.8) is 0 Å². The maximum Gasteiger partial charge on any atom is 0.382 e. The molecule has 0 spiro atoms. The molecule has 0 aliphatic rings. The second-order valence-corrected chi connectivity index (χ2v) is 2.17. The van der Waals surface area contributed by atoms with Gasteiger partial charge in [0.15, 0.2) is 0 Å². The van der Waals surface area contributed by atoms with Crippen molar-refractivity contribution in [2.24, 2.45) is 0 Å². The summed E-state index contributed by atoms with van der Waals surface area (Å²) in [6, 6.07) is 1.66. The molecule has 1 aromatic rings. The molecule has 0 aliphatic heterocycles. The van der Waals surface area contributed by atoms with Crippen molar-refractivity contribution in [3.8, 4) is 11.8 Å². The molecular weight excluding hydrogens is 156 g/mol. The minimum absolute atomic E-state index is 0.653. The van der Waals surface area contributed by atoms with E-state index in [0.29, 0.717) is 5.56 Å². The lowest BCUT2D eigenvalue weighted by Crippen LogP contribution is -1.87. The number of hydrogen-bond acceptors (Lipinski definition) is 2. The summed E-state index contributed by atoms with van der Waals surface area (Å²) < 4.78 is 5.05. The van der Waals surface area contributed by atoms with Crippen LogP contribution in [0.15, 0.2) is 16.7 Å². The molecule has 0 fully saturated rings. The third-order valence-electron chi connectivity index (χ3n) is 1.37. The van der Waals surface area contributed by atoms with Crippen LogP contribution in [0.5, 0.6) is 0 Å². The molecule has 1 rings (SSSR count). The van der Waals surface area contributed by atoms with Crippen molar-refractivity contribution in [2.75, 3.05) is 0 Å². The number of aliphatic carboxylic acids is 1. The highest BCUT2D eigenvalue weighted by atomic mass is 16.4. The summed E-state index contributed by atoms with van der Waals surface area (Å²) >= 11 is 0. The number of rotatable bonds is 1. The number of carboxylic acids is 1. The number of carboxylic acid groups (broad SMARTS) is 1. The Labute approximate surface area is 70.0 Å². The van der Waals surface area contributed by atoms with Crippen LogP contribution in [0.4, 0.5) is 0 Å². The van der Waals surface area contributed by atoms with Crippen molar-refractivity contribution in [3.05, 3.63) is 23.7 Å². The number of carbonyl (C=O) groups is 1. The Balaban J connectivity index is 2.90. The Morgan fingerprint density at radius 3 is 3.08 bits per heavy atom. The summed E-state index contributed by atoms with van der Waals surface area (Å²) in [6.07, 6.45) is 2.22. The quantitative estimate of drug-likeness (QED) is 0.636. The highest BCUT2D eigenvalue weighted by molar-refractivity contribution is 5.87. The van der Waals surface area contributed by atoms with E-state index < -0.39 is 5.97 Å². The Morgan fingerprint density at radius 1 is 1.75 bits per heavy atom. The van der Waals surface area contributed by atoms with Gasteiger partial charge in [0, 0.05) is 12.3 Å². The third kappa shape index (κ3) is 1.89. The van der Waals surface area contributed by atoms with Gasteiger partial charge in [-0.15, -0.1) is 0 Å². The van der Waals surface area contributed by atoms with Crippen molar-refractivity contribution < 1.29 is 14.3 Å². The van der Waals surface area contributed by atoms with Crippen LogP contribution < -0.4 is 0 Å². The van der Waals surface area contributed by atoms with Gasteiger partial charge in [0.25, 0.3) is 0 Å². The molecule has 0 saturated heterocycles. The van der Waals surface area contributed by atoms with E-state index in [1.54, 1.807) is 6.07 Å². The number of furan rings is 1. The van der Waals surface area contributed by atoms with E-state index in [9.17, 15) is 4.79 Å². The molecule has 0 aliphatic carbocycles. The maximum absolute atomic E-state index is 10.1. The van der Waals surface area contributed by atoms with Gasteiger partial charge >= 0.3 is 5.97 Å². The van der Waals surface area contributed by atoms with Crippen LogP contribution >= 0.6 is 0 Å². The van der Waals surface area contributed by atoms with Crippen LogP contribution in [-0.2, 0) is 11.2 Å². The lowest BCUT2D eigenvalue weighted by Gasteiger charge is -1.87. The summed E-state index contributed by atoms with van der Waals surface area (Å²) in [7, 11) is 0. The molecule has 1 heterocycles. The molecule has 3 nitrogen and oxygen atoms in total. The Kier molecular flexibility index (Phi) is 2.54. The first kappa shape index (κ1) is 8.41. The van der Waals surface area contributed by atoms with E-state index in [2.05, 4.69) is 5.92 Å². The van der Waals surface area contributed by atoms with Gasteiger partial charge in [-0.3, -0.25) is 0 Å². The molecule has 62 valence electrons. The van der Waals surface area contributed by atoms with E-state index in [1.165, 1.54) is 6.26 Å². The van der Waals surface area contributed by atoms with Crippen LogP contribution in [0.2, 0.25) is 0 Å². The SMILES string of the molecule is CCc1occc1C#CC(=O)O. The average Bonchev–Trinajstić information content (AvgIpc) is 2.47. The van der Waals surface area contributed by atoms with E-state index in [1.807, 2.05) is 12.8 Å². The van der Waals surface area contributed by atoms with Crippen LogP contribution in [0.25, 0.3) is 0 Å². The van der Waals surface area contributed by atoms with Gasteiger partial charge in [0.05, 0.1) is 11.8 Å². The second-order valence-electron chi connectivity index (χ2n) is 2.17. The zero-order valence-corrected chi connectivity index (χ0v) is 6.63. The summed E-state index contributed by atoms with van der Waals surface area (Å²) in [6.45, 7) is 1.92. The molecule has 0 saturated carbocycles. The molecular formula is C9H8O3. The molecule has 1 aromatic heterocycles. The zero-order chi connectivity index (χ0) is 8.97. The van der Waals surface area contributed by atoms with Crippen molar-refractivity contribution in [2.45, 2.75) is 13.3 Å². The van der Waals surface area contributed by atoms with Crippen LogP contribution in [-0.4, -0.2) is 11.1 Å². The topological polar surface area (TPSA) is 50.4 Å². The van der Waals surface area contributed by atoms with Gasteiger partial charge in [0.1, 0.15) is 5.76 Å². The summed E-state index contributed by atoms with van der Waals surface area (Å²) in [4.78, 5) is 10.1. The lowest BCUT2D eigenvalue weighted by atomic mass is 10.2. The fraction of sp³-hybridized carbons (Fsp3) is 0.222. The van der Waals surface area contributed by atoms with E-state index >= 15 is 0 Å². The van der Waals surface area contributed by atoms with Gasteiger partial charge < -0.3 is 9.52 Å². The molecule has 12 heavy (non-hydrogen) atoms. The van der Waals surface area contributed by atoms with E-state index in [4.69, 9.17) is 9.52 Å². The average molecular weight is 164 g/mol. The minimum Gasteiger partial charge on any atom is -0.472 e. The van der Waals surface area contributed by atoms with Crippen LogP contribution in [0, 0.1) is 11.8 Å². The summed E-state index contributed by atoms with van der Waals surface area (Å²) in [5, 5.41) is 8.27. The Morgan fingerprint density at radius 2 is 2.50 bits per heavy atom. The Hall–Kier alpha value is -1.69. The predicted molar refractivity (Wildman–Crippen MR) is 42.6 cm³/mol. The van der Waals surface area contributed by atoms with Crippen LogP contribution in [0.1, 0.15) is 18.2 Å². The number of aryl methyl sites for hydroxylation is 1. The second kappa shape index (κ2) is 3.63. The zero-order valence-electron chi connectivity index (χ0n) is 6.63. The van der Waals surface area contributed by atoms with Gasteiger partial charge in [0.2, 0.25) is 0 Å². The van der Waals surface area contributed by atoms with Gasteiger partial charge in [-0.1, -0.05) is 12.8 Å². The monoisotopic (exact) mass is 164 g/mol. The lowest BCUT2D eigenvalue weighted by molar-refractivity contribution is -0.130. The molecule has 0 radical (unpaired) electrons. The van der Waals surface area contributed by atoms with Crippen LogP contribution in [0.3, 0.4) is 0 Å². The fourth-order valence-electron chi connectivity index (χ4n) is 0.847. The summed E-state index contributed by atoms with van der Waals surface area (Å²) in [5.74, 6) is 4.13. The normalized spacial score (nSPS) is 8.75. The standard InChI is InChI=1S/C9H8O3/c1-2-8-7(5-6-12-8)3-4-9(10)11/h5-6H,2H2,1H3,(H,10,11). The molecule has 3 heteroatoms. The summed E-state index contributed by atoms with van der Waals surface area (Å²) in [5.41, 5.74) is 0.653. The van der Waals surface area contributed by atoms with Gasteiger partial charge in [-0.2, -0.15) is 0 Å². The maximum atomic E-state index is 10.1. The van der Waals surface area contributed by atoms with E-state index in [0.717, 1.165) is 12.2 Å². The van der Waals surface area contributed by atoms with Gasteiger partial charge in [-0.25, -0.2) is 4.79 Å². The molecule has 0 unspecified atom stereocenters. The van der Waals surface area contributed by atoms with Crippen molar-refractivity contribution in [1.82, 2.24) is 0 Å². The third-order valence-corrected chi connectivity index (χ3v) is 1.37. The Bertz CT molecular complexity index is 338. The van der Waals surface area contributed by atoms with E-state index in [-0.39, 0.29) is 0 Å².